The first kappa shape index (κ1) is 22.3. The van der Waals surface area contributed by atoms with Gasteiger partial charge in [-0.05, 0) is 48.4 Å². The minimum absolute atomic E-state index is 0.298. The van der Waals surface area contributed by atoms with E-state index in [9.17, 15) is 4.39 Å². The van der Waals surface area contributed by atoms with Gasteiger partial charge in [-0.2, -0.15) is 0 Å². The summed E-state index contributed by atoms with van der Waals surface area (Å²) in [7, 11) is 0. The summed E-state index contributed by atoms with van der Waals surface area (Å²) >= 11 is 0. The number of benzene rings is 1. The van der Waals surface area contributed by atoms with Gasteiger partial charge in [0.25, 0.3) is 0 Å². The molecule has 0 fully saturated rings. The predicted molar refractivity (Wildman–Crippen MR) is 114 cm³/mol. The summed E-state index contributed by atoms with van der Waals surface area (Å²) < 4.78 is 19.8. The number of aromatic nitrogens is 2. The lowest BCUT2D eigenvalue weighted by Crippen LogP contribution is -2.03. The molecule has 0 aliphatic rings. The van der Waals surface area contributed by atoms with Gasteiger partial charge in [-0.25, -0.2) is 14.4 Å². The summed E-state index contributed by atoms with van der Waals surface area (Å²) in [6.07, 6.45) is 11.7. The van der Waals surface area contributed by atoms with Crippen molar-refractivity contribution in [2.45, 2.75) is 72.6 Å². The number of ether oxygens (including phenoxy) is 1. The van der Waals surface area contributed by atoms with Gasteiger partial charge in [0.1, 0.15) is 0 Å². The number of unbranched alkanes of at least 4 members (excludes halogenated alkanes) is 2. The summed E-state index contributed by atoms with van der Waals surface area (Å²) in [5.74, 6) is 1.87. The Morgan fingerprint density at radius 2 is 1.75 bits per heavy atom. The Labute approximate surface area is 169 Å². The van der Waals surface area contributed by atoms with E-state index < -0.39 is 0 Å². The Balaban J connectivity index is 1.91. The van der Waals surface area contributed by atoms with E-state index in [2.05, 4.69) is 37.7 Å². The summed E-state index contributed by atoms with van der Waals surface area (Å²) in [6, 6.07) is 4.95. The van der Waals surface area contributed by atoms with Crippen LogP contribution >= 0.6 is 0 Å². The van der Waals surface area contributed by atoms with E-state index in [0.717, 1.165) is 37.2 Å². The number of hydrogen-bond donors (Lipinski definition) is 0. The molecule has 3 nitrogen and oxygen atoms in total. The molecule has 0 N–H and O–H groups in total. The van der Waals surface area contributed by atoms with E-state index in [1.165, 1.54) is 25.3 Å². The lowest BCUT2D eigenvalue weighted by Gasteiger charge is -2.12. The van der Waals surface area contributed by atoms with Crippen LogP contribution < -0.4 is 4.74 Å². The first-order chi connectivity index (χ1) is 13.5. The Morgan fingerprint density at radius 1 is 1.00 bits per heavy atom. The van der Waals surface area contributed by atoms with E-state index in [4.69, 9.17) is 4.74 Å². The molecule has 0 aliphatic carbocycles. The van der Waals surface area contributed by atoms with E-state index in [0.29, 0.717) is 29.7 Å². The summed E-state index contributed by atoms with van der Waals surface area (Å²) in [6.45, 7) is 9.50. The minimum atomic E-state index is -0.361. The van der Waals surface area contributed by atoms with Crippen LogP contribution in [0.25, 0.3) is 11.4 Å². The van der Waals surface area contributed by atoms with Gasteiger partial charge in [-0.3, -0.25) is 0 Å². The summed E-state index contributed by atoms with van der Waals surface area (Å²) in [4.78, 5) is 8.90. The smallest absolute Gasteiger partial charge is 0.165 e. The monoisotopic (exact) mass is 386 g/mol. The van der Waals surface area contributed by atoms with Crippen LogP contribution in [0, 0.1) is 17.7 Å². The Morgan fingerprint density at radius 3 is 2.39 bits per heavy atom. The van der Waals surface area contributed by atoms with Crippen LogP contribution in [0.1, 0.15) is 71.8 Å². The van der Waals surface area contributed by atoms with E-state index in [-0.39, 0.29) is 5.82 Å². The van der Waals surface area contributed by atoms with Gasteiger partial charge < -0.3 is 4.74 Å². The molecule has 0 saturated carbocycles. The van der Waals surface area contributed by atoms with Crippen molar-refractivity contribution in [3.8, 4) is 17.1 Å². The molecule has 1 aromatic carbocycles. The molecular weight excluding hydrogens is 351 g/mol. The molecule has 1 heterocycles. The predicted octanol–water partition coefficient (Wildman–Crippen LogP) is 6.86. The lowest BCUT2D eigenvalue weighted by molar-refractivity contribution is 0.291. The highest BCUT2D eigenvalue weighted by molar-refractivity contribution is 5.56. The van der Waals surface area contributed by atoms with Crippen LogP contribution in [0.5, 0.6) is 5.75 Å². The lowest BCUT2D eigenvalue weighted by atomic mass is 9.95. The quantitative estimate of drug-likeness (QED) is 0.374. The second-order valence-electron chi connectivity index (χ2n) is 8.25. The van der Waals surface area contributed by atoms with Gasteiger partial charge in [0.2, 0.25) is 0 Å². The third-order valence-electron chi connectivity index (χ3n) is 4.96. The fourth-order valence-corrected chi connectivity index (χ4v) is 3.28. The molecule has 1 aromatic heterocycles. The van der Waals surface area contributed by atoms with Crippen molar-refractivity contribution >= 4 is 0 Å². The topological polar surface area (TPSA) is 35.0 Å². The molecular formula is C24H35FN2O. The van der Waals surface area contributed by atoms with Gasteiger partial charge in [0.05, 0.1) is 6.61 Å². The second-order valence-corrected chi connectivity index (χ2v) is 8.25. The maximum Gasteiger partial charge on any atom is 0.165 e. The van der Waals surface area contributed by atoms with Crippen molar-refractivity contribution in [2.75, 3.05) is 6.61 Å². The molecule has 0 bridgehead atoms. The van der Waals surface area contributed by atoms with Gasteiger partial charge in [-0.15, -0.1) is 0 Å². The molecule has 0 aliphatic heterocycles. The van der Waals surface area contributed by atoms with E-state index >= 15 is 0 Å². The molecule has 0 radical (unpaired) electrons. The van der Waals surface area contributed by atoms with Crippen molar-refractivity contribution in [1.82, 2.24) is 9.97 Å². The van der Waals surface area contributed by atoms with E-state index in [1.807, 2.05) is 18.5 Å². The highest BCUT2D eigenvalue weighted by Crippen LogP contribution is 2.24. The normalized spacial score (nSPS) is 12.4. The molecule has 1 atom stereocenters. The average Bonchev–Trinajstić information content (AvgIpc) is 2.66. The zero-order chi connectivity index (χ0) is 20.4. The van der Waals surface area contributed by atoms with Crippen molar-refractivity contribution in [3.05, 3.63) is 42.0 Å². The highest BCUT2D eigenvalue weighted by atomic mass is 19.1. The van der Waals surface area contributed by atoms with Crippen LogP contribution in [0.3, 0.4) is 0 Å². The van der Waals surface area contributed by atoms with Crippen LogP contribution in [-0.4, -0.2) is 16.6 Å². The standard InChI is InChI=1S/C24H35FN2O/c1-5-6-7-13-28-23-12-11-21(15-22(23)25)24-26-16-20(17-27-24)14-19(4)10-8-9-18(2)3/h11-12,15-19H,5-10,13-14H2,1-4H3. The number of hydrogen-bond acceptors (Lipinski definition) is 3. The molecule has 1 unspecified atom stereocenters. The maximum atomic E-state index is 14.3. The largest absolute Gasteiger partial charge is 0.491 e. The SMILES string of the molecule is CCCCCOc1ccc(-c2ncc(CC(C)CCCC(C)C)cn2)cc1F. The zero-order valence-electron chi connectivity index (χ0n) is 17.9. The molecule has 28 heavy (non-hydrogen) atoms. The van der Waals surface area contributed by atoms with Gasteiger partial charge in [-0.1, -0.05) is 59.8 Å². The molecule has 2 aromatic rings. The molecule has 0 amide bonds. The van der Waals surface area contributed by atoms with Crippen molar-refractivity contribution in [1.29, 1.82) is 0 Å². The number of halogens is 1. The van der Waals surface area contributed by atoms with Gasteiger partial charge >= 0.3 is 0 Å². The Bertz CT molecular complexity index is 700. The molecule has 0 saturated heterocycles. The zero-order valence-corrected chi connectivity index (χ0v) is 17.9. The first-order valence-corrected chi connectivity index (χ1v) is 10.7. The molecule has 2 rings (SSSR count). The second kappa shape index (κ2) is 11.8. The Kier molecular flexibility index (Phi) is 9.39. The Hall–Kier alpha value is -1.97. The molecule has 0 spiro atoms. The van der Waals surface area contributed by atoms with Gasteiger partial charge in [0.15, 0.2) is 17.4 Å². The maximum absolute atomic E-state index is 14.3. The summed E-state index contributed by atoms with van der Waals surface area (Å²) in [5.41, 5.74) is 1.81. The molecule has 4 heteroatoms. The van der Waals surface area contributed by atoms with Crippen LogP contribution in [0.2, 0.25) is 0 Å². The van der Waals surface area contributed by atoms with E-state index in [1.54, 1.807) is 6.07 Å². The molecule has 154 valence electrons. The average molecular weight is 387 g/mol. The van der Waals surface area contributed by atoms with Gasteiger partial charge in [0, 0.05) is 18.0 Å². The van der Waals surface area contributed by atoms with Crippen molar-refractivity contribution in [3.63, 3.8) is 0 Å². The number of rotatable bonds is 12. The fourth-order valence-electron chi connectivity index (χ4n) is 3.28. The third-order valence-corrected chi connectivity index (χ3v) is 4.96. The number of nitrogens with zero attached hydrogens (tertiary/aromatic N) is 2. The minimum Gasteiger partial charge on any atom is -0.491 e. The first-order valence-electron chi connectivity index (χ1n) is 10.7. The third kappa shape index (κ3) is 7.57. The summed E-state index contributed by atoms with van der Waals surface area (Å²) in [5, 5.41) is 0. The van der Waals surface area contributed by atoms with Crippen molar-refractivity contribution < 1.29 is 9.13 Å². The van der Waals surface area contributed by atoms with Crippen LogP contribution in [0.4, 0.5) is 4.39 Å². The van der Waals surface area contributed by atoms with Crippen LogP contribution in [-0.2, 0) is 6.42 Å². The van der Waals surface area contributed by atoms with Crippen LogP contribution in [0.15, 0.2) is 30.6 Å². The van der Waals surface area contributed by atoms with Crippen molar-refractivity contribution in [2.24, 2.45) is 11.8 Å². The fraction of sp³-hybridized carbons (Fsp3) is 0.583. The highest BCUT2D eigenvalue weighted by Gasteiger charge is 2.10.